The van der Waals surface area contributed by atoms with Crippen molar-refractivity contribution in [3.05, 3.63) is 114 Å². The van der Waals surface area contributed by atoms with Gasteiger partial charge in [0.15, 0.2) is 0 Å². The monoisotopic (exact) mass is 626 g/mol. The number of rotatable bonds is 8. The Morgan fingerprint density at radius 1 is 0.762 bits per heavy atom. The summed E-state index contributed by atoms with van der Waals surface area (Å²) in [6, 6.07) is 33.1. The van der Waals surface area contributed by atoms with Crippen molar-refractivity contribution in [3.8, 4) is 11.3 Å². The summed E-state index contributed by atoms with van der Waals surface area (Å²) >= 11 is 0. The lowest BCUT2D eigenvalue weighted by Gasteiger charge is -2.45. The van der Waals surface area contributed by atoms with Gasteiger partial charge in [-0.3, -0.25) is 4.90 Å². The number of nitrogens with zero attached hydrogens (tertiary/aromatic N) is 2. The minimum absolute atomic E-state index is 0. The van der Waals surface area contributed by atoms with Gasteiger partial charge in [0, 0.05) is 38.0 Å². The van der Waals surface area contributed by atoms with E-state index in [1.165, 1.54) is 66.0 Å². The third kappa shape index (κ3) is 7.41. The van der Waals surface area contributed by atoms with Gasteiger partial charge in [-0.1, -0.05) is 110 Å². The lowest BCUT2D eigenvalue weighted by molar-refractivity contribution is 0.0713. The fourth-order valence-electron chi connectivity index (χ4n) is 6.89. The number of imidazole rings is 1. The van der Waals surface area contributed by atoms with Crippen LogP contribution in [-0.4, -0.2) is 41.0 Å². The van der Waals surface area contributed by atoms with E-state index in [9.17, 15) is 0 Å². The fraction of sp³-hybridized carbons (Fsp3) is 0.400. The van der Waals surface area contributed by atoms with E-state index in [0.29, 0.717) is 5.92 Å². The topological polar surface area (TPSA) is 44.0 Å². The molecule has 0 bridgehead atoms. The molecule has 1 saturated heterocycles. The summed E-state index contributed by atoms with van der Waals surface area (Å²) < 4.78 is 0. The summed E-state index contributed by atoms with van der Waals surface area (Å²) in [5.41, 5.74) is 6.15. The van der Waals surface area contributed by atoms with Crippen LogP contribution in [0, 0.1) is 0 Å². The van der Waals surface area contributed by atoms with Crippen LogP contribution in [0.1, 0.15) is 79.9 Å². The molecule has 1 aliphatic heterocycles. The Hall–Kier alpha value is -2.34. The summed E-state index contributed by atoms with van der Waals surface area (Å²) in [6.07, 6.45) is 7.41. The molecule has 0 spiro atoms. The van der Waals surface area contributed by atoms with E-state index < -0.39 is 0 Å². The Morgan fingerprint density at radius 3 is 1.83 bits per heavy atom. The molecule has 6 rings (SSSR count). The number of aromatic amines is 1. The van der Waals surface area contributed by atoms with Crippen molar-refractivity contribution in [1.82, 2.24) is 20.2 Å². The highest BCUT2D eigenvalue weighted by molar-refractivity contribution is 5.86. The van der Waals surface area contributed by atoms with Gasteiger partial charge < -0.3 is 10.3 Å². The van der Waals surface area contributed by atoms with Crippen LogP contribution < -0.4 is 5.32 Å². The molecule has 1 atom stereocenters. The van der Waals surface area contributed by atoms with E-state index in [-0.39, 0.29) is 48.7 Å². The maximum Gasteiger partial charge on any atom is 0.110 e. The van der Waals surface area contributed by atoms with Crippen LogP contribution in [0.2, 0.25) is 0 Å². The zero-order chi connectivity index (χ0) is 26.5. The maximum atomic E-state index is 5.58. The molecule has 1 aliphatic carbocycles. The number of aromatic nitrogens is 2. The number of H-pyrrole nitrogens is 1. The Kier molecular flexibility index (Phi) is 13.0. The molecule has 1 aromatic heterocycles. The van der Waals surface area contributed by atoms with Gasteiger partial charge in [-0.25, -0.2) is 4.98 Å². The first-order valence-electron chi connectivity index (χ1n) is 14.9. The molecule has 226 valence electrons. The largest absolute Gasteiger partial charge is 0.341 e. The smallest absolute Gasteiger partial charge is 0.110 e. The van der Waals surface area contributed by atoms with Crippen molar-refractivity contribution in [2.45, 2.75) is 62.8 Å². The van der Waals surface area contributed by atoms with Crippen LogP contribution in [-0.2, 0) is 5.54 Å². The van der Waals surface area contributed by atoms with E-state index in [2.05, 4.69) is 113 Å². The van der Waals surface area contributed by atoms with E-state index in [0.717, 1.165) is 32.6 Å². The fourth-order valence-corrected chi connectivity index (χ4v) is 6.89. The average molecular weight is 628 g/mol. The Bertz CT molecular complexity index is 1280. The van der Waals surface area contributed by atoms with E-state index >= 15 is 0 Å². The van der Waals surface area contributed by atoms with Gasteiger partial charge in [-0.2, -0.15) is 0 Å². The molecule has 42 heavy (non-hydrogen) atoms. The SMILES string of the molecule is CC(CC(c1ccccc1)c1ccccc1)(c1nc(C2CCCCC2)[nH]c1-c1ccccc1)N1CCNCC1.Cl.Cl.Cl. The first kappa shape index (κ1) is 34.2. The zero-order valence-electron chi connectivity index (χ0n) is 24.5. The van der Waals surface area contributed by atoms with E-state index in [1.807, 2.05) is 0 Å². The molecular formula is C35H45Cl3N4. The summed E-state index contributed by atoms with van der Waals surface area (Å²) in [7, 11) is 0. The number of nitrogens with one attached hydrogen (secondary N) is 2. The lowest BCUT2D eigenvalue weighted by Crippen LogP contribution is -2.54. The van der Waals surface area contributed by atoms with Crippen molar-refractivity contribution in [1.29, 1.82) is 0 Å². The predicted molar refractivity (Wildman–Crippen MR) is 183 cm³/mol. The van der Waals surface area contributed by atoms with Gasteiger partial charge >= 0.3 is 0 Å². The first-order chi connectivity index (χ1) is 19.2. The Morgan fingerprint density at radius 2 is 1.29 bits per heavy atom. The Balaban J connectivity index is 0.00000161. The molecule has 2 fully saturated rings. The van der Waals surface area contributed by atoms with E-state index in [4.69, 9.17) is 4.98 Å². The third-order valence-corrected chi connectivity index (χ3v) is 9.11. The van der Waals surface area contributed by atoms with Crippen LogP contribution in [0.15, 0.2) is 91.0 Å². The van der Waals surface area contributed by atoms with Gasteiger partial charge in [0.05, 0.1) is 16.9 Å². The van der Waals surface area contributed by atoms with E-state index in [1.54, 1.807) is 0 Å². The number of hydrogen-bond donors (Lipinski definition) is 2. The molecule has 4 aromatic rings. The minimum Gasteiger partial charge on any atom is -0.341 e. The number of hydrogen-bond acceptors (Lipinski definition) is 3. The highest BCUT2D eigenvalue weighted by atomic mass is 35.5. The number of piperazine rings is 1. The zero-order valence-corrected chi connectivity index (χ0v) is 27.0. The molecule has 1 saturated carbocycles. The average Bonchev–Trinajstić information content (AvgIpc) is 3.48. The quantitative estimate of drug-likeness (QED) is 0.205. The molecule has 2 aliphatic rings. The highest BCUT2D eigenvalue weighted by Crippen LogP contribution is 2.45. The van der Waals surface area contributed by atoms with Crippen LogP contribution in [0.25, 0.3) is 11.3 Å². The lowest BCUT2D eigenvalue weighted by atomic mass is 9.77. The van der Waals surface area contributed by atoms with Gasteiger partial charge in [0.2, 0.25) is 0 Å². The maximum absolute atomic E-state index is 5.58. The second-order valence-electron chi connectivity index (χ2n) is 11.6. The van der Waals surface area contributed by atoms with Gasteiger partial charge in [-0.15, -0.1) is 37.2 Å². The summed E-state index contributed by atoms with van der Waals surface area (Å²) in [5, 5.41) is 3.59. The van der Waals surface area contributed by atoms with Crippen LogP contribution in [0.5, 0.6) is 0 Å². The highest BCUT2D eigenvalue weighted by Gasteiger charge is 2.42. The third-order valence-electron chi connectivity index (χ3n) is 9.11. The van der Waals surface area contributed by atoms with Crippen molar-refractivity contribution in [2.75, 3.05) is 26.2 Å². The molecule has 2 heterocycles. The molecule has 3 aromatic carbocycles. The molecule has 7 heteroatoms. The molecule has 0 amide bonds. The normalized spacial score (nSPS) is 17.4. The van der Waals surface area contributed by atoms with Crippen molar-refractivity contribution < 1.29 is 0 Å². The summed E-state index contributed by atoms with van der Waals surface area (Å²) in [4.78, 5) is 12.2. The standard InChI is InChI=1S/C35H42N4.3ClH/c1-35(39-24-22-36-23-25-39,26-31(27-14-6-2-7-15-27)28-16-8-3-9-17-28)33-32(29-18-10-4-11-19-29)37-34(38-33)30-20-12-5-13-21-30;;;/h2-4,6-11,14-19,30-31,36H,5,12-13,20-26H2,1H3,(H,37,38);3*1H. The minimum atomic E-state index is -0.243. The summed E-state index contributed by atoms with van der Waals surface area (Å²) in [5.74, 6) is 1.99. The van der Waals surface area contributed by atoms with Crippen molar-refractivity contribution in [2.24, 2.45) is 0 Å². The Labute approximate surface area is 270 Å². The predicted octanol–water partition coefficient (Wildman–Crippen LogP) is 8.73. The molecule has 0 radical (unpaired) electrons. The van der Waals surface area contributed by atoms with Crippen molar-refractivity contribution in [3.63, 3.8) is 0 Å². The van der Waals surface area contributed by atoms with Crippen LogP contribution in [0.4, 0.5) is 0 Å². The second-order valence-corrected chi connectivity index (χ2v) is 11.6. The second kappa shape index (κ2) is 15.9. The molecular weight excluding hydrogens is 583 g/mol. The van der Waals surface area contributed by atoms with Crippen molar-refractivity contribution >= 4 is 37.2 Å². The van der Waals surface area contributed by atoms with Crippen LogP contribution >= 0.6 is 37.2 Å². The summed E-state index contributed by atoms with van der Waals surface area (Å²) in [6.45, 7) is 6.53. The van der Waals surface area contributed by atoms with Gasteiger partial charge in [-0.05, 0) is 42.9 Å². The van der Waals surface area contributed by atoms with Gasteiger partial charge in [0.25, 0.3) is 0 Å². The van der Waals surface area contributed by atoms with Gasteiger partial charge in [0.1, 0.15) is 5.82 Å². The number of benzene rings is 3. The number of halogens is 3. The molecule has 4 nitrogen and oxygen atoms in total. The first-order valence-corrected chi connectivity index (χ1v) is 14.9. The molecule has 1 unspecified atom stereocenters. The van der Waals surface area contributed by atoms with Crippen LogP contribution in [0.3, 0.4) is 0 Å². The molecule has 2 N–H and O–H groups in total.